The first-order chi connectivity index (χ1) is 6.77. The molecule has 0 saturated carbocycles. The number of rotatable bonds is 2. The predicted molar refractivity (Wildman–Crippen MR) is 51.3 cm³/mol. The van der Waals surface area contributed by atoms with Crippen LogP contribution >= 0.6 is 11.6 Å². The first-order valence-corrected chi connectivity index (χ1v) is 4.31. The summed E-state index contributed by atoms with van der Waals surface area (Å²) < 4.78 is 0. The molecule has 70 valence electrons. The zero-order chi connectivity index (χ0) is 9.97. The van der Waals surface area contributed by atoms with Gasteiger partial charge in [-0.05, 0) is 12.1 Å². The maximum absolute atomic E-state index is 11.6. The Bertz CT molecular complexity index is 436. The van der Waals surface area contributed by atoms with E-state index >= 15 is 0 Å². The second-order valence-electron chi connectivity index (χ2n) is 2.64. The molecule has 0 bridgehead atoms. The van der Waals surface area contributed by atoms with Gasteiger partial charge in [-0.3, -0.25) is 4.79 Å². The topological polar surface area (TPSA) is 58.6 Å². The minimum atomic E-state index is -0.195. The molecule has 0 unspecified atom stereocenters. The van der Waals surface area contributed by atoms with Crippen LogP contribution in [0.15, 0.2) is 30.7 Å². The van der Waals surface area contributed by atoms with Crippen LogP contribution in [0.2, 0.25) is 5.15 Å². The summed E-state index contributed by atoms with van der Waals surface area (Å²) in [6, 6.07) is 3.18. The Labute approximate surface area is 85.0 Å². The van der Waals surface area contributed by atoms with Crippen molar-refractivity contribution in [1.29, 1.82) is 0 Å². The summed E-state index contributed by atoms with van der Waals surface area (Å²) in [6.45, 7) is 0. The van der Waals surface area contributed by atoms with Crippen LogP contribution in [-0.4, -0.2) is 20.7 Å². The van der Waals surface area contributed by atoms with E-state index in [1.54, 1.807) is 18.3 Å². The summed E-state index contributed by atoms with van der Waals surface area (Å²) in [5, 5.41) is 0.362. The average Bonchev–Trinajstić information content (AvgIpc) is 2.71. The number of halogens is 1. The van der Waals surface area contributed by atoms with E-state index in [-0.39, 0.29) is 5.78 Å². The number of imidazole rings is 1. The largest absolute Gasteiger partial charge is 0.342 e. The molecule has 5 heteroatoms. The van der Waals surface area contributed by atoms with Gasteiger partial charge < -0.3 is 4.98 Å². The van der Waals surface area contributed by atoms with E-state index in [1.165, 1.54) is 12.4 Å². The van der Waals surface area contributed by atoms with Crippen LogP contribution in [0.5, 0.6) is 0 Å². The lowest BCUT2D eigenvalue weighted by Gasteiger charge is -1.96. The first-order valence-electron chi connectivity index (χ1n) is 3.93. The van der Waals surface area contributed by atoms with Crippen molar-refractivity contribution >= 4 is 17.4 Å². The van der Waals surface area contributed by atoms with Gasteiger partial charge in [0.1, 0.15) is 5.15 Å². The Balaban J connectivity index is 2.33. The second-order valence-corrected chi connectivity index (χ2v) is 3.02. The molecule has 2 aromatic heterocycles. The number of ketones is 1. The minimum Gasteiger partial charge on any atom is -0.342 e. The Hall–Kier alpha value is -1.68. The molecule has 4 nitrogen and oxygen atoms in total. The van der Waals surface area contributed by atoms with E-state index < -0.39 is 0 Å². The number of hydrogen-bond donors (Lipinski definition) is 1. The molecule has 1 N–H and O–H groups in total. The standard InChI is InChI=1S/C9H6ClN3O/c10-7-2-1-6(5-13-7)8(14)9-11-3-4-12-9/h1-5H,(H,11,12). The molecule has 0 radical (unpaired) electrons. The zero-order valence-electron chi connectivity index (χ0n) is 7.07. The molecule has 0 aliphatic rings. The maximum atomic E-state index is 11.6. The molecule has 14 heavy (non-hydrogen) atoms. The number of carbonyl (C=O) groups excluding carboxylic acids is 1. The maximum Gasteiger partial charge on any atom is 0.229 e. The van der Waals surface area contributed by atoms with Gasteiger partial charge in [-0.25, -0.2) is 9.97 Å². The van der Waals surface area contributed by atoms with Crippen LogP contribution in [0.3, 0.4) is 0 Å². The smallest absolute Gasteiger partial charge is 0.229 e. The number of nitrogens with one attached hydrogen (secondary N) is 1. The molecule has 2 aromatic rings. The van der Waals surface area contributed by atoms with E-state index in [0.29, 0.717) is 16.5 Å². The van der Waals surface area contributed by atoms with E-state index in [0.717, 1.165) is 0 Å². The highest BCUT2D eigenvalue weighted by Gasteiger charge is 2.10. The van der Waals surface area contributed by atoms with Crippen LogP contribution in [-0.2, 0) is 0 Å². The molecule has 0 spiro atoms. The number of nitrogens with zero attached hydrogens (tertiary/aromatic N) is 2. The molecule has 0 atom stereocenters. The highest BCUT2D eigenvalue weighted by molar-refractivity contribution is 6.29. The number of aromatic amines is 1. The van der Waals surface area contributed by atoms with E-state index in [1.807, 2.05) is 0 Å². The Morgan fingerprint density at radius 2 is 2.21 bits per heavy atom. The fraction of sp³-hybridized carbons (Fsp3) is 0. The van der Waals surface area contributed by atoms with Crippen molar-refractivity contribution in [2.45, 2.75) is 0 Å². The van der Waals surface area contributed by atoms with Crippen molar-refractivity contribution in [2.75, 3.05) is 0 Å². The fourth-order valence-corrected chi connectivity index (χ4v) is 1.15. The summed E-state index contributed by atoms with van der Waals surface area (Å²) in [7, 11) is 0. The van der Waals surface area contributed by atoms with Crippen molar-refractivity contribution in [1.82, 2.24) is 15.0 Å². The minimum absolute atomic E-state index is 0.195. The first kappa shape index (κ1) is 8.90. The van der Waals surface area contributed by atoms with Gasteiger partial charge in [0, 0.05) is 24.2 Å². The zero-order valence-corrected chi connectivity index (χ0v) is 7.82. The van der Waals surface area contributed by atoms with E-state index in [4.69, 9.17) is 11.6 Å². The number of hydrogen-bond acceptors (Lipinski definition) is 3. The Morgan fingerprint density at radius 1 is 1.36 bits per heavy atom. The monoisotopic (exact) mass is 207 g/mol. The van der Waals surface area contributed by atoms with Crippen molar-refractivity contribution < 1.29 is 4.79 Å². The van der Waals surface area contributed by atoms with E-state index in [9.17, 15) is 4.79 Å². The number of aromatic nitrogens is 3. The van der Waals surface area contributed by atoms with Crippen molar-refractivity contribution in [3.8, 4) is 0 Å². The third-order valence-corrected chi connectivity index (χ3v) is 1.93. The number of carbonyl (C=O) groups is 1. The lowest BCUT2D eigenvalue weighted by atomic mass is 10.2. The van der Waals surface area contributed by atoms with Gasteiger partial charge in [0.25, 0.3) is 0 Å². The highest BCUT2D eigenvalue weighted by atomic mass is 35.5. The summed E-state index contributed by atoms with van der Waals surface area (Å²) in [5.74, 6) is 0.105. The molecule has 0 amide bonds. The summed E-state index contributed by atoms with van der Waals surface area (Å²) in [6.07, 6.45) is 4.54. The Kier molecular flexibility index (Phi) is 2.28. The molecule has 0 saturated heterocycles. The molecular formula is C9H6ClN3O. The number of pyridine rings is 1. The summed E-state index contributed by atoms with van der Waals surface area (Å²) in [4.78, 5) is 22.0. The fourth-order valence-electron chi connectivity index (χ4n) is 1.04. The highest BCUT2D eigenvalue weighted by Crippen LogP contribution is 2.08. The quantitative estimate of drug-likeness (QED) is 0.602. The van der Waals surface area contributed by atoms with Gasteiger partial charge in [-0.15, -0.1) is 0 Å². The third kappa shape index (κ3) is 1.65. The molecule has 0 fully saturated rings. The van der Waals surface area contributed by atoms with Crippen LogP contribution in [0.4, 0.5) is 0 Å². The molecule has 2 rings (SSSR count). The molecule has 0 aliphatic carbocycles. The van der Waals surface area contributed by atoms with Crippen molar-refractivity contribution in [2.24, 2.45) is 0 Å². The molecular weight excluding hydrogens is 202 g/mol. The summed E-state index contributed by atoms with van der Waals surface area (Å²) >= 11 is 5.60. The van der Waals surface area contributed by atoms with Gasteiger partial charge in [0.2, 0.25) is 5.78 Å². The lowest BCUT2D eigenvalue weighted by Crippen LogP contribution is -2.03. The normalized spacial score (nSPS) is 10.1. The number of H-pyrrole nitrogens is 1. The van der Waals surface area contributed by atoms with Crippen molar-refractivity contribution in [3.63, 3.8) is 0 Å². The van der Waals surface area contributed by atoms with Crippen LogP contribution in [0, 0.1) is 0 Å². The molecule has 0 aliphatic heterocycles. The third-order valence-electron chi connectivity index (χ3n) is 1.70. The van der Waals surface area contributed by atoms with Crippen LogP contribution in [0.1, 0.15) is 16.2 Å². The van der Waals surface area contributed by atoms with Gasteiger partial charge in [0.15, 0.2) is 5.82 Å². The van der Waals surface area contributed by atoms with Gasteiger partial charge in [-0.1, -0.05) is 11.6 Å². The second kappa shape index (κ2) is 3.59. The summed E-state index contributed by atoms with van der Waals surface area (Å²) in [5.41, 5.74) is 0.462. The van der Waals surface area contributed by atoms with Gasteiger partial charge in [0.05, 0.1) is 0 Å². The molecule has 0 aromatic carbocycles. The lowest BCUT2D eigenvalue weighted by molar-refractivity contribution is 0.103. The van der Waals surface area contributed by atoms with Gasteiger partial charge in [-0.2, -0.15) is 0 Å². The van der Waals surface area contributed by atoms with Crippen molar-refractivity contribution in [3.05, 3.63) is 47.3 Å². The SMILES string of the molecule is O=C(c1ccc(Cl)nc1)c1ncc[nH]1. The van der Waals surface area contributed by atoms with E-state index in [2.05, 4.69) is 15.0 Å². The van der Waals surface area contributed by atoms with Gasteiger partial charge >= 0.3 is 0 Å². The van der Waals surface area contributed by atoms with Crippen LogP contribution in [0.25, 0.3) is 0 Å². The average molecular weight is 208 g/mol. The molecule has 2 heterocycles. The van der Waals surface area contributed by atoms with Crippen LogP contribution < -0.4 is 0 Å². The Morgan fingerprint density at radius 3 is 2.79 bits per heavy atom. The predicted octanol–water partition coefficient (Wildman–Crippen LogP) is 1.69.